The summed E-state index contributed by atoms with van der Waals surface area (Å²) in [5.74, 6) is 0.626. The second-order valence-corrected chi connectivity index (χ2v) is 5.59. The molecule has 1 aromatic rings. The minimum absolute atomic E-state index is 0.0947. The van der Waals surface area contributed by atoms with Crippen LogP contribution in [0.1, 0.15) is 38.8 Å². The van der Waals surface area contributed by atoms with E-state index in [9.17, 15) is 15.0 Å². The van der Waals surface area contributed by atoms with E-state index in [-0.39, 0.29) is 6.61 Å². The van der Waals surface area contributed by atoms with Crippen LogP contribution < -0.4 is 4.74 Å². The SMILES string of the molecule is COc1ccccc1C(CCO)N(C(=O)O)C(C)(C)C. The van der Waals surface area contributed by atoms with Crippen LogP contribution >= 0.6 is 0 Å². The molecule has 0 bridgehead atoms. The van der Waals surface area contributed by atoms with E-state index in [0.717, 1.165) is 5.56 Å². The highest BCUT2D eigenvalue weighted by Crippen LogP contribution is 2.35. The van der Waals surface area contributed by atoms with E-state index in [0.29, 0.717) is 12.2 Å². The minimum atomic E-state index is -1.01. The van der Waals surface area contributed by atoms with Gasteiger partial charge in [-0.15, -0.1) is 0 Å². The molecule has 0 aromatic heterocycles. The topological polar surface area (TPSA) is 70.0 Å². The van der Waals surface area contributed by atoms with Crippen molar-refractivity contribution in [3.8, 4) is 5.75 Å². The lowest BCUT2D eigenvalue weighted by atomic mass is 9.95. The molecule has 1 aromatic carbocycles. The number of benzene rings is 1. The molecular weight excluding hydrogens is 258 g/mol. The third-order valence-corrected chi connectivity index (χ3v) is 3.14. The number of amides is 1. The summed E-state index contributed by atoms with van der Waals surface area (Å²) in [5.41, 5.74) is 0.188. The van der Waals surface area contributed by atoms with Crippen LogP contribution in [0.25, 0.3) is 0 Å². The van der Waals surface area contributed by atoms with Gasteiger partial charge in [0.05, 0.1) is 13.2 Å². The van der Waals surface area contributed by atoms with Crippen molar-refractivity contribution in [3.63, 3.8) is 0 Å². The Morgan fingerprint density at radius 3 is 2.40 bits per heavy atom. The first-order valence-electron chi connectivity index (χ1n) is 6.59. The average Bonchev–Trinajstić information content (AvgIpc) is 2.36. The number of methoxy groups -OCH3 is 1. The van der Waals surface area contributed by atoms with Crippen molar-refractivity contribution in [1.29, 1.82) is 0 Å². The Morgan fingerprint density at radius 2 is 1.95 bits per heavy atom. The summed E-state index contributed by atoms with van der Waals surface area (Å²) in [4.78, 5) is 13.0. The van der Waals surface area contributed by atoms with Crippen LogP contribution in [0.5, 0.6) is 5.75 Å². The summed E-state index contributed by atoms with van der Waals surface area (Å²) in [5, 5.41) is 18.8. The van der Waals surface area contributed by atoms with E-state index in [1.54, 1.807) is 13.2 Å². The van der Waals surface area contributed by atoms with Crippen LogP contribution in [0.4, 0.5) is 4.79 Å². The molecule has 0 fully saturated rings. The molecule has 1 atom stereocenters. The van der Waals surface area contributed by atoms with E-state index < -0.39 is 17.7 Å². The van der Waals surface area contributed by atoms with Crippen molar-refractivity contribution in [2.45, 2.75) is 38.8 Å². The molecule has 5 heteroatoms. The molecule has 0 saturated carbocycles. The molecule has 1 unspecified atom stereocenters. The van der Waals surface area contributed by atoms with Gasteiger partial charge in [-0.2, -0.15) is 0 Å². The van der Waals surface area contributed by atoms with Crippen molar-refractivity contribution in [2.24, 2.45) is 0 Å². The van der Waals surface area contributed by atoms with Gasteiger partial charge in [0, 0.05) is 17.7 Å². The predicted octanol–water partition coefficient (Wildman–Crippen LogP) is 2.90. The molecule has 1 rings (SSSR count). The second kappa shape index (κ2) is 6.61. The number of para-hydroxylation sites is 1. The highest BCUT2D eigenvalue weighted by molar-refractivity contribution is 5.67. The third kappa shape index (κ3) is 3.63. The van der Waals surface area contributed by atoms with Crippen LogP contribution in [0, 0.1) is 0 Å². The van der Waals surface area contributed by atoms with E-state index in [4.69, 9.17) is 4.74 Å². The molecule has 20 heavy (non-hydrogen) atoms. The summed E-state index contributed by atoms with van der Waals surface area (Å²) < 4.78 is 5.31. The summed E-state index contributed by atoms with van der Waals surface area (Å²) in [6.07, 6.45) is -0.689. The Labute approximate surface area is 119 Å². The van der Waals surface area contributed by atoms with Gasteiger partial charge in [0.2, 0.25) is 0 Å². The number of rotatable bonds is 5. The Bertz CT molecular complexity index is 453. The fourth-order valence-electron chi connectivity index (χ4n) is 2.38. The Morgan fingerprint density at radius 1 is 1.35 bits per heavy atom. The van der Waals surface area contributed by atoms with Crippen molar-refractivity contribution in [3.05, 3.63) is 29.8 Å². The number of ether oxygens (including phenoxy) is 1. The number of hydrogen-bond donors (Lipinski definition) is 2. The van der Waals surface area contributed by atoms with Crippen LogP contribution in [0.3, 0.4) is 0 Å². The van der Waals surface area contributed by atoms with Gasteiger partial charge < -0.3 is 14.9 Å². The Kier molecular flexibility index (Phi) is 5.39. The summed E-state index contributed by atoms with van der Waals surface area (Å²) >= 11 is 0. The van der Waals surface area contributed by atoms with Crippen LogP contribution in [-0.2, 0) is 0 Å². The number of aliphatic hydroxyl groups excluding tert-OH is 1. The van der Waals surface area contributed by atoms with E-state index in [1.807, 2.05) is 39.0 Å². The highest BCUT2D eigenvalue weighted by atomic mass is 16.5. The first-order valence-corrected chi connectivity index (χ1v) is 6.59. The van der Waals surface area contributed by atoms with E-state index in [2.05, 4.69) is 0 Å². The normalized spacial score (nSPS) is 12.8. The van der Waals surface area contributed by atoms with Gasteiger partial charge in [-0.25, -0.2) is 4.79 Å². The van der Waals surface area contributed by atoms with Gasteiger partial charge in [0.25, 0.3) is 0 Å². The molecule has 0 radical (unpaired) electrons. The number of aliphatic hydroxyl groups is 1. The maximum Gasteiger partial charge on any atom is 0.408 e. The van der Waals surface area contributed by atoms with Crippen LogP contribution in [-0.4, -0.2) is 40.5 Å². The molecule has 5 nitrogen and oxygen atoms in total. The fourth-order valence-corrected chi connectivity index (χ4v) is 2.38. The molecule has 0 aliphatic rings. The van der Waals surface area contributed by atoms with Gasteiger partial charge in [0.1, 0.15) is 5.75 Å². The van der Waals surface area contributed by atoms with Crippen molar-refractivity contribution in [1.82, 2.24) is 4.90 Å². The zero-order valence-electron chi connectivity index (χ0n) is 12.5. The number of carbonyl (C=O) groups is 1. The summed E-state index contributed by atoms with van der Waals surface area (Å²) in [7, 11) is 1.55. The van der Waals surface area contributed by atoms with Gasteiger partial charge in [-0.1, -0.05) is 18.2 Å². The average molecular weight is 281 g/mol. The first-order chi connectivity index (χ1) is 9.32. The Balaban J connectivity index is 3.31. The monoisotopic (exact) mass is 281 g/mol. The maximum atomic E-state index is 11.6. The van der Waals surface area contributed by atoms with E-state index in [1.165, 1.54) is 4.90 Å². The van der Waals surface area contributed by atoms with Crippen molar-refractivity contribution < 1.29 is 19.7 Å². The molecular formula is C15H23NO4. The molecule has 0 saturated heterocycles. The lowest BCUT2D eigenvalue weighted by molar-refractivity contribution is 0.0593. The maximum absolute atomic E-state index is 11.6. The largest absolute Gasteiger partial charge is 0.496 e. The van der Waals surface area contributed by atoms with Gasteiger partial charge in [0.15, 0.2) is 0 Å². The zero-order chi connectivity index (χ0) is 15.3. The second-order valence-electron chi connectivity index (χ2n) is 5.59. The van der Waals surface area contributed by atoms with E-state index >= 15 is 0 Å². The quantitative estimate of drug-likeness (QED) is 0.870. The van der Waals surface area contributed by atoms with Crippen LogP contribution in [0.2, 0.25) is 0 Å². The zero-order valence-corrected chi connectivity index (χ0v) is 12.5. The number of nitrogens with zero attached hydrogens (tertiary/aromatic N) is 1. The summed E-state index contributed by atoms with van der Waals surface area (Å²) in [6, 6.07) is 6.85. The molecule has 112 valence electrons. The smallest absolute Gasteiger partial charge is 0.408 e. The van der Waals surface area contributed by atoms with Gasteiger partial charge >= 0.3 is 6.09 Å². The molecule has 0 spiro atoms. The molecule has 0 aliphatic carbocycles. The lowest BCUT2D eigenvalue weighted by Gasteiger charge is -2.40. The predicted molar refractivity (Wildman–Crippen MR) is 77.1 cm³/mol. The molecule has 0 aliphatic heterocycles. The molecule has 0 heterocycles. The highest BCUT2D eigenvalue weighted by Gasteiger charge is 2.35. The number of carboxylic acid groups (broad SMARTS) is 1. The summed E-state index contributed by atoms with van der Waals surface area (Å²) in [6.45, 7) is 5.41. The third-order valence-electron chi connectivity index (χ3n) is 3.14. The first kappa shape index (κ1) is 16.3. The molecule has 1 amide bonds. The van der Waals surface area contributed by atoms with Crippen molar-refractivity contribution >= 4 is 6.09 Å². The Hall–Kier alpha value is -1.75. The van der Waals surface area contributed by atoms with Gasteiger partial charge in [-0.3, -0.25) is 4.90 Å². The lowest BCUT2D eigenvalue weighted by Crippen LogP contribution is -2.47. The van der Waals surface area contributed by atoms with Gasteiger partial charge in [-0.05, 0) is 33.3 Å². The van der Waals surface area contributed by atoms with Crippen LogP contribution in [0.15, 0.2) is 24.3 Å². The number of hydrogen-bond acceptors (Lipinski definition) is 3. The minimum Gasteiger partial charge on any atom is -0.496 e. The standard InChI is InChI=1S/C15H23NO4/c1-15(2,3)16(14(18)19)12(9-10-17)11-7-5-6-8-13(11)20-4/h5-8,12,17H,9-10H2,1-4H3,(H,18,19). The molecule has 2 N–H and O–H groups in total. The van der Waals surface area contributed by atoms with Crippen molar-refractivity contribution in [2.75, 3.05) is 13.7 Å². The fraction of sp³-hybridized carbons (Fsp3) is 0.533.